The summed E-state index contributed by atoms with van der Waals surface area (Å²) < 4.78 is 23.0. The van der Waals surface area contributed by atoms with Crippen molar-refractivity contribution in [2.45, 2.75) is 17.9 Å². The Hall–Kier alpha value is -1.21. The van der Waals surface area contributed by atoms with Crippen molar-refractivity contribution in [2.75, 3.05) is 38.4 Å². The van der Waals surface area contributed by atoms with Gasteiger partial charge >= 0.3 is 0 Å². The lowest BCUT2D eigenvalue weighted by Gasteiger charge is -2.23. The predicted molar refractivity (Wildman–Crippen MR) is 97.8 cm³/mol. The van der Waals surface area contributed by atoms with Crippen LogP contribution in [0.2, 0.25) is 0 Å². The summed E-state index contributed by atoms with van der Waals surface area (Å²) in [6.45, 7) is 1.42. The number of aliphatic imine (C=N–C) groups is 1. The number of nitrogens with zero attached hydrogens (tertiary/aromatic N) is 2. The molecule has 1 unspecified atom stereocenters. The van der Waals surface area contributed by atoms with Crippen molar-refractivity contribution in [2.24, 2.45) is 10.9 Å². The fraction of sp³-hybridized carbons (Fsp3) is 0.562. The summed E-state index contributed by atoms with van der Waals surface area (Å²) in [4.78, 5) is 7.60. The van der Waals surface area contributed by atoms with Crippen LogP contribution in [-0.2, 0) is 16.4 Å². The van der Waals surface area contributed by atoms with E-state index in [1.54, 1.807) is 18.8 Å². The van der Waals surface area contributed by atoms with Crippen LogP contribution in [0.5, 0.6) is 0 Å². The van der Waals surface area contributed by atoms with Crippen molar-refractivity contribution in [3.8, 4) is 0 Å². The van der Waals surface area contributed by atoms with E-state index in [2.05, 4.69) is 45.7 Å². The first-order valence-corrected chi connectivity index (χ1v) is 10.7. The van der Waals surface area contributed by atoms with E-state index in [1.165, 1.54) is 10.5 Å². The average molecular weight is 356 g/mol. The molecule has 2 rings (SSSR count). The average Bonchev–Trinajstić information content (AvgIpc) is 2.88. The molecule has 5 nitrogen and oxygen atoms in total. The molecular formula is C16H25N3O2S2. The summed E-state index contributed by atoms with van der Waals surface area (Å²) in [6, 6.07) is 8.49. The fourth-order valence-corrected chi connectivity index (χ4v) is 5.00. The zero-order valence-corrected chi connectivity index (χ0v) is 15.6. The molecule has 0 aliphatic carbocycles. The molecular weight excluding hydrogens is 330 g/mol. The highest BCUT2D eigenvalue weighted by atomic mass is 32.2. The largest absolute Gasteiger partial charge is 0.356 e. The summed E-state index contributed by atoms with van der Waals surface area (Å²) in [6.07, 6.45) is 2.81. The van der Waals surface area contributed by atoms with Gasteiger partial charge in [0.15, 0.2) is 15.8 Å². The van der Waals surface area contributed by atoms with E-state index in [9.17, 15) is 8.42 Å². The summed E-state index contributed by atoms with van der Waals surface area (Å²) >= 11 is 1.73. The van der Waals surface area contributed by atoms with Crippen LogP contribution in [-0.4, -0.2) is 57.7 Å². The molecule has 1 N–H and O–H groups in total. The van der Waals surface area contributed by atoms with Gasteiger partial charge < -0.3 is 10.2 Å². The lowest BCUT2D eigenvalue weighted by atomic mass is 10.1. The van der Waals surface area contributed by atoms with Crippen LogP contribution < -0.4 is 5.32 Å². The maximum absolute atomic E-state index is 11.5. The quantitative estimate of drug-likeness (QED) is 0.496. The van der Waals surface area contributed by atoms with Crippen LogP contribution in [0.25, 0.3) is 0 Å². The first-order chi connectivity index (χ1) is 10.9. The van der Waals surface area contributed by atoms with Crippen LogP contribution in [0.15, 0.2) is 34.2 Å². The maximum atomic E-state index is 11.5. The Balaban J connectivity index is 1.87. The van der Waals surface area contributed by atoms with Gasteiger partial charge in [-0.25, -0.2) is 8.42 Å². The van der Waals surface area contributed by atoms with Gasteiger partial charge in [-0.05, 0) is 36.3 Å². The van der Waals surface area contributed by atoms with Gasteiger partial charge in [0.1, 0.15) is 0 Å². The van der Waals surface area contributed by atoms with E-state index < -0.39 is 9.84 Å². The molecule has 1 aromatic rings. The summed E-state index contributed by atoms with van der Waals surface area (Å²) in [5.41, 5.74) is 1.22. The zero-order valence-electron chi connectivity index (χ0n) is 13.9. The number of hydrogen-bond acceptors (Lipinski definition) is 4. The van der Waals surface area contributed by atoms with Gasteiger partial charge in [0.05, 0.1) is 11.5 Å². The predicted octanol–water partition coefficient (Wildman–Crippen LogP) is 1.85. The number of thioether (sulfide) groups is 1. The normalized spacial score (nSPS) is 20.5. The van der Waals surface area contributed by atoms with Gasteiger partial charge in [-0.2, -0.15) is 0 Å². The molecule has 1 aromatic carbocycles. The van der Waals surface area contributed by atoms with E-state index in [4.69, 9.17) is 0 Å². The second kappa shape index (κ2) is 8.06. The molecule has 0 bridgehead atoms. The SMILES string of the molecule is CN=C(NCC1CCS(=O)(=O)C1)N(C)Cc1ccc(SC)cc1. The lowest BCUT2D eigenvalue weighted by Crippen LogP contribution is -2.40. The lowest BCUT2D eigenvalue weighted by molar-refractivity contribution is 0.463. The number of hydrogen-bond donors (Lipinski definition) is 1. The van der Waals surface area contributed by atoms with Crippen LogP contribution in [0.1, 0.15) is 12.0 Å². The standard InChI is InChI=1S/C16H25N3O2S2/c1-17-16(18-10-14-8-9-23(20,21)12-14)19(2)11-13-4-6-15(22-3)7-5-13/h4-7,14H,8-12H2,1-3H3,(H,17,18). The molecule has 0 radical (unpaired) electrons. The van der Waals surface area contributed by atoms with E-state index in [0.29, 0.717) is 12.3 Å². The van der Waals surface area contributed by atoms with Gasteiger partial charge in [-0.3, -0.25) is 4.99 Å². The number of rotatable bonds is 5. The second-order valence-electron chi connectivity index (χ2n) is 5.90. The highest BCUT2D eigenvalue weighted by Gasteiger charge is 2.27. The summed E-state index contributed by atoms with van der Waals surface area (Å²) in [5.74, 6) is 1.58. The Morgan fingerprint density at radius 3 is 2.61 bits per heavy atom. The fourth-order valence-electron chi connectivity index (χ4n) is 2.73. The summed E-state index contributed by atoms with van der Waals surface area (Å²) in [5, 5.41) is 3.30. The molecule has 0 saturated carbocycles. The number of sulfone groups is 1. The second-order valence-corrected chi connectivity index (χ2v) is 9.01. The van der Waals surface area contributed by atoms with E-state index in [-0.39, 0.29) is 11.7 Å². The van der Waals surface area contributed by atoms with Crippen LogP contribution in [0, 0.1) is 5.92 Å². The van der Waals surface area contributed by atoms with E-state index >= 15 is 0 Å². The maximum Gasteiger partial charge on any atom is 0.193 e. The Bertz CT molecular complexity index is 642. The molecule has 1 aliphatic rings. The van der Waals surface area contributed by atoms with E-state index in [1.807, 2.05) is 7.05 Å². The molecule has 1 fully saturated rings. The summed E-state index contributed by atoms with van der Waals surface area (Å²) in [7, 11) is 0.919. The molecule has 0 spiro atoms. The third-order valence-electron chi connectivity index (χ3n) is 4.03. The van der Waals surface area contributed by atoms with Gasteiger partial charge in [-0.15, -0.1) is 11.8 Å². The Labute approximate surface area is 143 Å². The van der Waals surface area contributed by atoms with Crippen molar-refractivity contribution in [1.82, 2.24) is 10.2 Å². The third kappa shape index (κ3) is 5.42. The van der Waals surface area contributed by atoms with Gasteiger partial charge in [0.25, 0.3) is 0 Å². The molecule has 0 amide bonds. The highest BCUT2D eigenvalue weighted by molar-refractivity contribution is 7.98. The van der Waals surface area contributed by atoms with Crippen molar-refractivity contribution in [3.63, 3.8) is 0 Å². The minimum Gasteiger partial charge on any atom is -0.356 e. The molecule has 1 atom stereocenters. The Morgan fingerprint density at radius 1 is 1.39 bits per heavy atom. The number of benzene rings is 1. The molecule has 128 valence electrons. The first-order valence-electron chi connectivity index (χ1n) is 7.68. The van der Waals surface area contributed by atoms with Crippen molar-refractivity contribution < 1.29 is 8.42 Å². The highest BCUT2D eigenvalue weighted by Crippen LogP contribution is 2.18. The van der Waals surface area contributed by atoms with Gasteiger partial charge in [0, 0.05) is 32.1 Å². The molecule has 0 aromatic heterocycles. The van der Waals surface area contributed by atoms with Crippen molar-refractivity contribution >= 4 is 27.6 Å². The minimum absolute atomic E-state index is 0.186. The van der Waals surface area contributed by atoms with E-state index in [0.717, 1.165) is 18.9 Å². The Morgan fingerprint density at radius 2 is 2.09 bits per heavy atom. The van der Waals surface area contributed by atoms with Gasteiger partial charge in [-0.1, -0.05) is 12.1 Å². The molecule has 7 heteroatoms. The number of nitrogens with one attached hydrogen (secondary N) is 1. The van der Waals surface area contributed by atoms with Crippen LogP contribution in [0.3, 0.4) is 0 Å². The first kappa shape index (κ1) is 18.1. The number of guanidine groups is 1. The molecule has 1 saturated heterocycles. The van der Waals surface area contributed by atoms with Gasteiger partial charge in [0.2, 0.25) is 0 Å². The minimum atomic E-state index is -2.82. The molecule has 1 aliphatic heterocycles. The van der Waals surface area contributed by atoms with Crippen molar-refractivity contribution in [1.29, 1.82) is 0 Å². The topological polar surface area (TPSA) is 61.8 Å². The van der Waals surface area contributed by atoms with Crippen LogP contribution >= 0.6 is 11.8 Å². The molecule has 23 heavy (non-hydrogen) atoms. The molecule has 1 heterocycles. The Kier molecular flexibility index (Phi) is 6.35. The van der Waals surface area contributed by atoms with Crippen LogP contribution in [0.4, 0.5) is 0 Å². The third-order valence-corrected chi connectivity index (χ3v) is 6.61. The smallest absolute Gasteiger partial charge is 0.193 e. The van der Waals surface area contributed by atoms with Crippen molar-refractivity contribution in [3.05, 3.63) is 29.8 Å². The monoisotopic (exact) mass is 355 g/mol. The zero-order chi connectivity index (χ0) is 16.9.